The molecule has 0 radical (unpaired) electrons. The maximum atomic E-state index is 13.5. The maximum Gasteiger partial charge on any atom is 0.296 e. The molecule has 0 bridgehead atoms. The first kappa shape index (κ1) is 59.2. The second-order valence-corrected chi connectivity index (χ2v) is 21.9. The van der Waals surface area contributed by atoms with Gasteiger partial charge in [-0.3, -0.25) is 23.2 Å². The summed E-state index contributed by atoms with van der Waals surface area (Å²) in [7, 11) is -14.7. The van der Waals surface area contributed by atoms with Crippen LogP contribution >= 0.6 is 59.7 Å². The molecule has 5 rings (SSSR count). The van der Waals surface area contributed by atoms with E-state index in [2.05, 4.69) is 79.1 Å². The van der Waals surface area contributed by atoms with Crippen LogP contribution in [0.15, 0.2) is 98.9 Å². The van der Waals surface area contributed by atoms with Crippen LogP contribution in [-0.4, -0.2) is 109 Å². The Morgan fingerprint density at radius 1 is 0.554 bits per heavy atom. The number of hydrogen-bond donors (Lipinski definition) is 12. The van der Waals surface area contributed by atoms with E-state index in [0.717, 1.165) is 78.0 Å². The van der Waals surface area contributed by atoms with Crippen LogP contribution in [0.3, 0.4) is 0 Å². The lowest BCUT2D eigenvalue weighted by atomic mass is 10.1. The topological polar surface area (TPSA) is 542 Å². The highest BCUT2D eigenvalue weighted by atomic mass is 32.2. The zero-order valence-electron chi connectivity index (χ0n) is 36.0. The highest BCUT2D eigenvalue weighted by Crippen LogP contribution is 2.41. The Balaban J connectivity index is 1.38. The molecule has 74 heavy (non-hydrogen) atoms. The first-order chi connectivity index (χ1) is 34.9. The van der Waals surface area contributed by atoms with Gasteiger partial charge in [0.05, 0.1) is 51.0 Å². The lowest BCUT2D eigenvalue weighted by Crippen LogP contribution is -2.16. The van der Waals surface area contributed by atoms with Crippen molar-refractivity contribution in [2.45, 2.75) is 29.9 Å². The molecule has 398 valence electrons. The van der Waals surface area contributed by atoms with Crippen LogP contribution in [-0.2, 0) is 58.5 Å². The van der Waals surface area contributed by atoms with Crippen molar-refractivity contribution in [2.24, 2.45) is 20.5 Å². The Morgan fingerprint density at radius 2 is 1.01 bits per heavy atom. The number of nitrogen functional groups attached to an aromatic ring is 4. The highest BCUT2D eigenvalue weighted by molar-refractivity contribution is 8.01. The molecule has 0 fully saturated rings. The molecule has 0 aliphatic carbocycles. The number of nitrogens with zero attached hydrogens (tertiary/aromatic N) is 8. The molecular formula is C32H32N14O20S8. The second kappa shape index (κ2) is 26.7. The Morgan fingerprint density at radius 3 is 1.49 bits per heavy atom. The molecule has 2 heterocycles. The summed E-state index contributed by atoms with van der Waals surface area (Å²) >= 11 is 3.06. The number of aromatic nitrogens is 4. The van der Waals surface area contributed by atoms with Gasteiger partial charge in [0.15, 0.2) is 45.0 Å². The first-order valence-corrected chi connectivity index (χ1v) is 27.6. The Kier molecular flexibility index (Phi) is 21.3. The predicted molar refractivity (Wildman–Crippen MR) is 261 cm³/mol. The normalized spacial score (nSPS) is 12.2. The fourth-order valence-electron chi connectivity index (χ4n) is 5.21. The van der Waals surface area contributed by atoms with Gasteiger partial charge in [0, 0.05) is 40.4 Å². The number of amides is 2. The zero-order valence-corrected chi connectivity index (χ0v) is 42.5. The molecule has 0 saturated carbocycles. The van der Waals surface area contributed by atoms with Crippen LogP contribution < -0.4 is 33.6 Å². The van der Waals surface area contributed by atoms with Crippen LogP contribution in [0.25, 0.3) is 0 Å². The molecule has 0 atom stereocenters. The molecule has 0 aliphatic rings. The number of nitrogens with one attached hydrogen (secondary N) is 2. The van der Waals surface area contributed by atoms with Gasteiger partial charge >= 0.3 is 0 Å². The number of hydrogen-bond acceptors (Lipinski definition) is 34. The quantitative estimate of drug-likeness (QED) is 0.00480. The third kappa shape index (κ3) is 17.2. The molecule has 2 aromatic heterocycles. The fraction of sp³-hybridized carbons (Fsp3) is 0.125. The van der Waals surface area contributed by atoms with Gasteiger partial charge in [-0.05, 0) is 48.5 Å². The molecule has 2 amide bonds. The van der Waals surface area contributed by atoms with Crippen LogP contribution in [0.5, 0.6) is 0 Å². The van der Waals surface area contributed by atoms with Crippen molar-refractivity contribution in [3.05, 3.63) is 59.7 Å². The Hall–Kier alpha value is -5.72. The first-order valence-electron chi connectivity index (χ1n) is 18.8. The Labute approximate surface area is 435 Å². The number of nitrogens with two attached hydrogens (primary N) is 4. The van der Waals surface area contributed by atoms with Crippen LogP contribution in [0.4, 0.5) is 57.4 Å². The van der Waals surface area contributed by atoms with Gasteiger partial charge in [0.1, 0.15) is 21.2 Å². The van der Waals surface area contributed by atoms with E-state index >= 15 is 0 Å². The summed E-state index contributed by atoms with van der Waals surface area (Å²) in [6, 6.07) is 7.66. The number of thioether (sulfide) groups is 2. The largest absolute Gasteiger partial charge is 0.382 e. The van der Waals surface area contributed by atoms with Crippen molar-refractivity contribution >= 4 is 159 Å². The van der Waals surface area contributed by atoms with Crippen molar-refractivity contribution < 1.29 is 92.4 Å². The van der Waals surface area contributed by atoms with Crippen molar-refractivity contribution in [1.82, 2.24) is 19.9 Å². The average Bonchev–Trinajstić information content (AvgIpc) is 3.31. The van der Waals surface area contributed by atoms with E-state index in [1.54, 1.807) is 0 Å². The second-order valence-electron chi connectivity index (χ2n) is 13.1. The molecule has 42 heteroatoms. The monoisotopic (exact) mass is 1190 g/mol. The lowest BCUT2D eigenvalue weighted by molar-refractivity contribution is -0.432. The van der Waals surface area contributed by atoms with Gasteiger partial charge in [0.2, 0.25) is 0 Å². The molecule has 3 aromatic carbocycles. The molecule has 0 aliphatic heterocycles. The summed E-state index contributed by atoms with van der Waals surface area (Å²) in [5.41, 5.74) is 20.7. The summed E-state index contributed by atoms with van der Waals surface area (Å²) in [6.07, 6.45) is 0. The highest BCUT2D eigenvalue weighted by Gasteiger charge is 2.25. The molecule has 0 unspecified atom stereocenters. The van der Waals surface area contributed by atoms with Gasteiger partial charge in [0.25, 0.3) is 42.2 Å². The summed E-state index contributed by atoms with van der Waals surface area (Å²) < 4.78 is 115. The molecule has 0 saturated heterocycles. The molecule has 5 aromatic rings. The lowest BCUT2D eigenvalue weighted by Gasteiger charge is -2.14. The third-order valence-corrected chi connectivity index (χ3v) is 14.8. The number of rotatable bonds is 26. The minimum atomic E-state index is -5.20. The van der Waals surface area contributed by atoms with E-state index in [0.29, 0.717) is 17.6 Å². The number of benzene rings is 3. The van der Waals surface area contributed by atoms with Crippen LogP contribution in [0, 0.1) is 0 Å². The molecule has 16 N–H and O–H groups in total. The zero-order chi connectivity index (χ0) is 54.4. The van der Waals surface area contributed by atoms with Crippen LogP contribution in [0.2, 0.25) is 0 Å². The summed E-state index contributed by atoms with van der Waals surface area (Å²) in [5.74, 6) is -3.53. The molecular weight excluding hydrogens is 1160 g/mol. The van der Waals surface area contributed by atoms with E-state index in [1.165, 1.54) is 0 Å². The smallest absolute Gasteiger partial charge is 0.296 e. The van der Waals surface area contributed by atoms with E-state index in [4.69, 9.17) is 43.3 Å². The van der Waals surface area contributed by atoms with Gasteiger partial charge in [-0.2, -0.15) is 25.3 Å². The minimum Gasteiger partial charge on any atom is -0.382 e. The van der Waals surface area contributed by atoms with E-state index in [-0.39, 0.29) is 78.4 Å². The van der Waals surface area contributed by atoms with Gasteiger partial charge in [-0.1, -0.05) is 38.6 Å². The average molecular weight is 1190 g/mol. The summed E-state index contributed by atoms with van der Waals surface area (Å²) in [5, 5.41) is 56.6. The summed E-state index contributed by atoms with van der Waals surface area (Å²) in [4.78, 5) is 40.5. The molecule has 34 nitrogen and oxygen atoms in total. The van der Waals surface area contributed by atoms with E-state index in [1.807, 2.05) is 0 Å². The summed E-state index contributed by atoms with van der Waals surface area (Å²) in [6.45, 7) is 0. The van der Waals surface area contributed by atoms with Gasteiger partial charge < -0.3 is 33.6 Å². The van der Waals surface area contributed by atoms with Gasteiger partial charge in [-0.25, -0.2) is 35.7 Å². The number of azo groups is 2. The van der Waals surface area contributed by atoms with Crippen molar-refractivity contribution in [2.75, 3.05) is 56.6 Å². The van der Waals surface area contributed by atoms with Crippen molar-refractivity contribution in [3.8, 4) is 0 Å². The van der Waals surface area contributed by atoms with E-state index in [9.17, 15) is 43.9 Å². The van der Waals surface area contributed by atoms with Gasteiger partial charge in [-0.15, -0.1) is 33.5 Å². The number of carbonyl (C=O) groups excluding carboxylic acids is 2. The Bertz CT molecular complexity index is 3250. The standard InChI is InChI=1S/C32H32N14O20S8/c33-25-23(26(34)40-31(39-25)67-5-6-69-64-61-49)45-43-16-12-21(73(55,56)57)17(9-20(16)71-66-63-51)38-30(48)14-3-1-13(2-4-14)29(47)37-15-11-22(74(58,59)60)18(10-19(15)70-65-62-50)44-46-24-27(35)41-32(42-28(24)36)68-7-8-72(52,53)54/h1-4,9-12,49-51H,5-8H2,(H,37,47)(H,38,48)(H,52,53,54)(H,55,56,57)(H,58,59,60)(H4,33,34,39,40)(H4,35,36,41,42)/b45-43+,46-44+. The number of carbonyl (C=O) groups is 2. The SMILES string of the molecule is Nc1nc(SCCSOOO)nc(N)c1/N=N/c1cc(S(=O)(=O)O)c(NC(=O)c2ccc(C(=O)Nc3cc(S(=O)(=O)O)c(/N=N/c4c(N)nc(SCCS(=O)(=O)O)nc4N)cc3SOOO)cc2)cc1SOOO. The predicted octanol–water partition coefficient (Wildman–Crippen LogP) is 5.42. The van der Waals surface area contributed by atoms with Crippen LogP contribution in [0.1, 0.15) is 20.7 Å². The minimum absolute atomic E-state index is 0.116. The van der Waals surface area contributed by atoms with E-state index < -0.39 is 97.8 Å². The molecule has 0 spiro atoms. The maximum absolute atomic E-state index is 13.5. The number of anilines is 6. The fourth-order valence-corrected chi connectivity index (χ4v) is 10.3. The van der Waals surface area contributed by atoms with Crippen molar-refractivity contribution in [3.63, 3.8) is 0 Å². The van der Waals surface area contributed by atoms with Crippen molar-refractivity contribution in [1.29, 1.82) is 0 Å². The third-order valence-electron chi connectivity index (χ3n) is 8.29.